The quantitative estimate of drug-likeness (QED) is 0.870. The van der Waals surface area contributed by atoms with E-state index in [2.05, 4.69) is 21.9 Å². The highest BCUT2D eigenvalue weighted by Crippen LogP contribution is 2.14. The number of ether oxygens (including phenoxy) is 1. The van der Waals surface area contributed by atoms with Crippen LogP contribution in [0.3, 0.4) is 0 Å². The maximum absolute atomic E-state index is 11.5. The average Bonchev–Trinajstić information content (AvgIpc) is 2.27. The first-order valence-electron chi connectivity index (χ1n) is 6.02. The summed E-state index contributed by atoms with van der Waals surface area (Å²) in [6, 6.07) is 0. The Hall–Kier alpha value is -1.95. The summed E-state index contributed by atoms with van der Waals surface area (Å²) in [5.74, 6) is 0.193. The third kappa shape index (κ3) is 5.48. The van der Waals surface area contributed by atoms with Gasteiger partial charge >= 0.3 is 6.09 Å². The van der Waals surface area contributed by atoms with E-state index in [1.54, 1.807) is 33.2 Å². The summed E-state index contributed by atoms with van der Waals surface area (Å²) in [5, 5.41) is 2.46. The van der Waals surface area contributed by atoms with Crippen LogP contribution in [0.4, 0.5) is 10.7 Å². The second-order valence-corrected chi connectivity index (χ2v) is 5.06. The molecule has 0 aliphatic carbocycles. The van der Waals surface area contributed by atoms with Gasteiger partial charge in [0.2, 0.25) is 5.95 Å². The van der Waals surface area contributed by atoms with Gasteiger partial charge in [-0.1, -0.05) is 6.58 Å². The zero-order valence-corrected chi connectivity index (χ0v) is 11.6. The Labute approximate surface area is 113 Å². The van der Waals surface area contributed by atoms with Gasteiger partial charge in [-0.15, -0.1) is 0 Å². The lowest BCUT2D eigenvalue weighted by Gasteiger charge is -2.19. The first-order valence-corrected chi connectivity index (χ1v) is 6.02. The molecule has 1 rings (SSSR count). The van der Waals surface area contributed by atoms with Gasteiger partial charge in [-0.2, -0.15) is 0 Å². The zero-order chi connectivity index (χ0) is 14.5. The van der Waals surface area contributed by atoms with E-state index in [0.29, 0.717) is 13.0 Å². The molecule has 0 saturated heterocycles. The van der Waals surface area contributed by atoms with Crippen molar-refractivity contribution in [2.75, 3.05) is 11.9 Å². The number of nitrogens with two attached hydrogens (primary N) is 1. The normalized spacial score (nSPS) is 10.9. The van der Waals surface area contributed by atoms with E-state index in [0.717, 1.165) is 11.1 Å². The summed E-state index contributed by atoms with van der Waals surface area (Å²) >= 11 is 0. The van der Waals surface area contributed by atoms with Crippen molar-refractivity contribution in [3.63, 3.8) is 0 Å². The molecule has 0 aliphatic rings. The number of carbonyl (C=O) groups excluding carboxylic acids is 1. The first kappa shape index (κ1) is 15.1. The third-order valence-corrected chi connectivity index (χ3v) is 2.12. The molecule has 0 saturated carbocycles. The number of hydrogen-bond acceptors (Lipinski definition) is 5. The Morgan fingerprint density at radius 3 is 2.47 bits per heavy atom. The lowest BCUT2D eigenvalue weighted by molar-refractivity contribution is 0.0634. The summed E-state index contributed by atoms with van der Waals surface area (Å²) in [6.45, 7) is 9.76. The Bertz CT molecular complexity index is 449. The number of aromatic nitrogens is 2. The average molecular weight is 264 g/mol. The first-order chi connectivity index (χ1) is 8.81. The topological polar surface area (TPSA) is 90.1 Å². The van der Waals surface area contributed by atoms with Crippen molar-refractivity contribution in [3.8, 4) is 0 Å². The molecule has 3 N–H and O–H groups in total. The molecule has 104 valence electrons. The van der Waals surface area contributed by atoms with Gasteiger partial charge in [-0.05, 0) is 39.3 Å². The molecule has 1 aromatic rings. The van der Waals surface area contributed by atoms with E-state index >= 15 is 0 Å². The number of carbonyl (C=O) groups is 1. The molecule has 19 heavy (non-hydrogen) atoms. The smallest absolute Gasteiger partial charge is 0.414 e. The molecule has 0 bridgehead atoms. The molecule has 1 aromatic heterocycles. The second kappa shape index (κ2) is 6.29. The number of amides is 1. The van der Waals surface area contributed by atoms with E-state index in [1.165, 1.54) is 0 Å². The Morgan fingerprint density at radius 2 is 2.00 bits per heavy atom. The van der Waals surface area contributed by atoms with Crippen LogP contribution in [-0.2, 0) is 4.74 Å². The van der Waals surface area contributed by atoms with Gasteiger partial charge in [-0.3, -0.25) is 5.32 Å². The maximum atomic E-state index is 11.5. The van der Waals surface area contributed by atoms with Crippen molar-refractivity contribution in [1.29, 1.82) is 0 Å². The summed E-state index contributed by atoms with van der Waals surface area (Å²) in [6.07, 6.45) is 3.29. The molecular weight excluding hydrogens is 244 g/mol. The molecule has 0 aliphatic heterocycles. The fraction of sp³-hybridized carbons (Fsp3) is 0.462. The van der Waals surface area contributed by atoms with Crippen LogP contribution in [0, 0.1) is 0 Å². The maximum Gasteiger partial charge on any atom is 0.414 e. The van der Waals surface area contributed by atoms with Crippen molar-refractivity contribution >= 4 is 17.6 Å². The predicted molar refractivity (Wildman–Crippen MR) is 74.6 cm³/mol. The molecule has 0 unspecified atom stereocenters. The van der Waals surface area contributed by atoms with Gasteiger partial charge < -0.3 is 10.5 Å². The van der Waals surface area contributed by atoms with Gasteiger partial charge in [0.1, 0.15) is 5.60 Å². The van der Waals surface area contributed by atoms with Gasteiger partial charge in [-0.25, -0.2) is 14.8 Å². The van der Waals surface area contributed by atoms with Crippen LogP contribution in [-0.4, -0.2) is 28.2 Å². The minimum Gasteiger partial charge on any atom is -0.444 e. The van der Waals surface area contributed by atoms with Crippen molar-refractivity contribution in [2.24, 2.45) is 5.73 Å². The van der Waals surface area contributed by atoms with Gasteiger partial charge in [0.15, 0.2) is 0 Å². The van der Waals surface area contributed by atoms with E-state index in [9.17, 15) is 4.79 Å². The van der Waals surface area contributed by atoms with E-state index in [-0.39, 0.29) is 5.95 Å². The minimum absolute atomic E-state index is 0.193. The van der Waals surface area contributed by atoms with Crippen LogP contribution in [0.5, 0.6) is 0 Å². The number of nitrogens with zero attached hydrogens (tertiary/aromatic N) is 2. The number of anilines is 1. The molecule has 0 atom stereocenters. The summed E-state index contributed by atoms with van der Waals surface area (Å²) in [4.78, 5) is 19.6. The highest BCUT2D eigenvalue weighted by Gasteiger charge is 2.16. The van der Waals surface area contributed by atoms with Crippen LogP contribution < -0.4 is 11.1 Å². The standard InChI is InChI=1S/C13H20N4O2/c1-9(5-6-14)10-7-15-11(16-8-10)17-12(18)19-13(2,3)4/h7-8H,1,5-6,14H2,2-4H3,(H,15,16,17,18). The van der Waals surface area contributed by atoms with Crippen LogP contribution in [0.1, 0.15) is 32.8 Å². The Kier molecular flexibility index (Phi) is 5.00. The van der Waals surface area contributed by atoms with E-state index in [1.807, 2.05) is 0 Å². The molecule has 6 nitrogen and oxygen atoms in total. The molecule has 0 aromatic carbocycles. The van der Waals surface area contributed by atoms with Crippen molar-refractivity contribution in [2.45, 2.75) is 32.8 Å². The summed E-state index contributed by atoms with van der Waals surface area (Å²) in [5.41, 5.74) is 6.56. The van der Waals surface area contributed by atoms with Gasteiger partial charge in [0.05, 0.1) is 0 Å². The van der Waals surface area contributed by atoms with Crippen LogP contribution in [0.15, 0.2) is 19.0 Å². The summed E-state index contributed by atoms with van der Waals surface area (Å²) in [7, 11) is 0. The van der Waals surface area contributed by atoms with Crippen molar-refractivity contribution < 1.29 is 9.53 Å². The molecule has 1 heterocycles. The molecular formula is C13H20N4O2. The van der Waals surface area contributed by atoms with Crippen molar-refractivity contribution in [1.82, 2.24) is 9.97 Å². The Balaban J connectivity index is 2.62. The highest BCUT2D eigenvalue weighted by molar-refractivity contribution is 5.82. The molecule has 0 radical (unpaired) electrons. The number of rotatable bonds is 4. The molecule has 0 spiro atoms. The lowest BCUT2D eigenvalue weighted by Crippen LogP contribution is -2.27. The lowest BCUT2D eigenvalue weighted by atomic mass is 10.1. The monoisotopic (exact) mass is 264 g/mol. The highest BCUT2D eigenvalue weighted by atomic mass is 16.6. The van der Waals surface area contributed by atoms with Crippen LogP contribution in [0.25, 0.3) is 5.57 Å². The molecule has 6 heteroatoms. The van der Waals surface area contributed by atoms with Gasteiger partial charge in [0, 0.05) is 18.0 Å². The van der Waals surface area contributed by atoms with Crippen LogP contribution in [0.2, 0.25) is 0 Å². The Morgan fingerprint density at radius 1 is 1.42 bits per heavy atom. The third-order valence-electron chi connectivity index (χ3n) is 2.12. The fourth-order valence-electron chi connectivity index (χ4n) is 1.29. The summed E-state index contributed by atoms with van der Waals surface area (Å²) < 4.78 is 5.09. The molecule has 0 fully saturated rings. The van der Waals surface area contributed by atoms with E-state index in [4.69, 9.17) is 10.5 Å². The SMILES string of the molecule is C=C(CCN)c1cnc(NC(=O)OC(C)(C)C)nc1. The largest absolute Gasteiger partial charge is 0.444 e. The second-order valence-electron chi connectivity index (χ2n) is 5.06. The zero-order valence-electron chi connectivity index (χ0n) is 11.6. The minimum atomic E-state index is -0.582. The van der Waals surface area contributed by atoms with E-state index < -0.39 is 11.7 Å². The fourth-order valence-corrected chi connectivity index (χ4v) is 1.29. The van der Waals surface area contributed by atoms with Crippen LogP contribution >= 0.6 is 0 Å². The number of nitrogens with one attached hydrogen (secondary N) is 1. The molecule has 1 amide bonds. The van der Waals surface area contributed by atoms with Crippen molar-refractivity contribution in [3.05, 3.63) is 24.5 Å². The van der Waals surface area contributed by atoms with Gasteiger partial charge in [0.25, 0.3) is 0 Å². The number of hydrogen-bond donors (Lipinski definition) is 2. The predicted octanol–water partition coefficient (Wildman–Crippen LogP) is 2.19.